The van der Waals surface area contributed by atoms with E-state index >= 15 is 0 Å². The molecule has 31 heavy (non-hydrogen) atoms. The predicted molar refractivity (Wildman–Crippen MR) is 129 cm³/mol. The van der Waals surface area contributed by atoms with Gasteiger partial charge in [-0.1, -0.05) is 0 Å². The van der Waals surface area contributed by atoms with Crippen molar-refractivity contribution in [2.75, 3.05) is 85.3 Å². The van der Waals surface area contributed by atoms with Gasteiger partial charge in [0.1, 0.15) is 0 Å². The number of halogens is 2. The van der Waals surface area contributed by atoms with Crippen LogP contribution in [-0.4, -0.2) is 85.3 Å². The Balaban J connectivity index is -0.0000000929. The Morgan fingerprint density at radius 1 is 0.323 bits per heavy atom. The molecule has 0 aromatic rings. The first-order valence-corrected chi connectivity index (χ1v) is 17.0. The molecule has 0 fully saturated rings. The molecule has 12 nitrogen and oxygen atoms in total. The average Bonchev–Trinajstić information content (AvgIpc) is 2.80. The Hall–Kier alpha value is 2.44. The van der Waals surface area contributed by atoms with Crippen LogP contribution in [0, 0.1) is 0 Å². The van der Waals surface area contributed by atoms with Gasteiger partial charge in [-0.05, 0) is 0 Å². The molecule has 0 saturated heterocycles. The molecule has 198 valence electrons. The molecule has 0 aliphatic heterocycles. The Bertz CT molecular complexity index is 204. The first-order chi connectivity index (χ1) is 14.8. The minimum atomic E-state index is -1.36. The van der Waals surface area contributed by atoms with Crippen LogP contribution in [0.5, 0.6) is 0 Å². The molecule has 19 heteroatoms. The second-order valence-electron chi connectivity index (χ2n) is 3.50. The van der Waals surface area contributed by atoms with Gasteiger partial charge in [0, 0.05) is 0 Å². The van der Waals surface area contributed by atoms with E-state index in [1.807, 2.05) is 0 Å². The van der Waals surface area contributed by atoms with E-state index in [-0.39, 0.29) is 15.1 Å². The Labute approximate surface area is 208 Å². The Morgan fingerprint density at radius 3 is 0.387 bits per heavy atom. The van der Waals surface area contributed by atoms with E-state index in [1.165, 1.54) is 0 Å². The second kappa shape index (κ2) is 42.6. The van der Waals surface area contributed by atoms with Crippen LogP contribution in [0.2, 0.25) is 0 Å². The molecular formula is C12H40Cl2O12P4Ru+4. The van der Waals surface area contributed by atoms with Crippen LogP contribution in [0.4, 0.5) is 0 Å². The van der Waals surface area contributed by atoms with Gasteiger partial charge in [-0.2, -0.15) is 54.3 Å². The van der Waals surface area contributed by atoms with Crippen LogP contribution >= 0.6 is 53.8 Å². The van der Waals surface area contributed by atoms with Crippen molar-refractivity contribution in [2.24, 2.45) is 0 Å². The van der Waals surface area contributed by atoms with Gasteiger partial charge in [0.2, 0.25) is 0 Å². The van der Waals surface area contributed by atoms with Gasteiger partial charge in [0.05, 0.1) is 85.3 Å². The van der Waals surface area contributed by atoms with Gasteiger partial charge in [-0.3, -0.25) is 0 Å². The molecule has 0 heterocycles. The van der Waals surface area contributed by atoms with E-state index in [4.69, 9.17) is 73.7 Å². The molecule has 0 amide bonds. The molecule has 0 aliphatic rings. The zero-order valence-corrected chi connectivity index (χ0v) is 27.3. The van der Waals surface area contributed by atoms with Crippen molar-refractivity contribution in [3.8, 4) is 0 Å². The maximum atomic E-state index is 4.85. The Morgan fingerprint density at radius 2 is 0.387 bits per heavy atom. The monoisotopic (exact) mass is 672 g/mol. The number of hydrogen-bond donors (Lipinski definition) is 0. The maximum absolute atomic E-state index is 4.85. The van der Waals surface area contributed by atoms with Gasteiger partial charge >= 0.3 is 68.9 Å². The summed E-state index contributed by atoms with van der Waals surface area (Å²) in [6.07, 6.45) is 0. The Kier molecular flexibility index (Phi) is 59.8. The quantitative estimate of drug-likeness (QED) is 0.208. The molecule has 0 radical (unpaired) electrons. The van der Waals surface area contributed by atoms with Crippen LogP contribution in [0.3, 0.4) is 0 Å². The summed E-state index contributed by atoms with van der Waals surface area (Å²) in [5.74, 6) is 0. The van der Waals surface area contributed by atoms with Gasteiger partial charge < -0.3 is 0 Å². The van der Waals surface area contributed by atoms with E-state index in [2.05, 4.69) is 0 Å². The van der Waals surface area contributed by atoms with Crippen LogP contribution in [-0.2, 0) is 69.4 Å². The first kappa shape index (κ1) is 43.5. The first-order valence-electron chi connectivity index (χ1n) is 7.62. The molecule has 0 aliphatic carbocycles. The summed E-state index contributed by atoms with van der Waals surface area (Å²) in [6, 6.07) is 0. The normalized spacial score (nSPS) is 10.0. The molecule has 0 saturated carbocycles. The van der Waals surface area contributed by atoms with Crippen molar-refractivity contribution in [1.82, 2.24) is 0 Å². The van der Waals surface area contributed by atoms with E-state index in [0.29, 0.717) is 0 Å². The molecule has 0 unspecified atom stereocenters. The topological polar surface area (TPSA) is 111 Å². The van der Waals surface area contributed by atoms with Crippen LogP contribution < -0.4 is 0 Å². The average molecular weight is 672 g/mol. The van der Waals surface area contributed by atoms with Gasteiger partial charge in [0.15, 0.2) is 0 Å². The zero-order chi connectivity index (χ0) is 25.5. The number of rotatable bonds is 12. The molecule has 0 aromatic carbocycles. The zero-order valence-electron chi connectivity index (χ0n) is 20.0. The molecule has 0 aromatic heterocycles. The number of hydrogen-bond acceptors (Lipinski definition) is 12. The van der Waals surface area contributed by atoms with E-state index in [0.717, 1.165) is 0 Å². The van der Waals surface area contributed by atoms with Crippen molar-refractivity contribution in [3.63, 3.8) is 0 Å². The van der Waals surface area contributed by atoms with Gasteiger partial charge in [0.25, 0.3) is 0 Å². The summed E-state index contributed by atoms with van der Waals surface area (Å²) in [4.78, 5) is 0. The molecule has 0 N–H and O–H groups in total. The van der Waals surface area contributed by atoms with Crippen LogP contribution in [0.1, 0.15) is 0 Å². The van der Waals surface area contributed by atoms with Crippen LogP contribution in [0.15, 0.2) is 0 Å². The third kappa shape index (κ3) is 43.0. The predicted octanol–water partition coefficient (Wildman–Crippen LogP) is 4.92. The second-order valence-corrected chi connectivity index (χ2v) is 13.0. The summed E-state index contributed by atoms with van der Waals surface area (Å²) in [5.41, 5.74) is 0. The summed E-state index contributed by atoms with van der Waals surface area (Å²) >= 11 is -0.346. The summed E-state index contributed by atoms with van der Waals surface area (Å²) < 4.78 is 56.5. The minimum absolute atomic E-state index is 0.346. The fourth-order valence-electron chi connectivity index (χ4n) is 1.00. The molecular weight excluding hydrogens is 632 g/mol. The van der Waals surface area contributed by atoms with Crippen molar-refractivity contribution >= 4 is 53.8 Å². The third-order valence-electron chi connectivity index (χ3n) is 2.00. The van der Waals surface area contributed by atoms with Gasteiger partial charge in [-0.15, -0.1) is 0 Å². The third-order valence-corrected chi connectivity index (χ3v) is 6.00. The van der Waals surface area contributed by atoms with Gasteiger partial charge in [-0.25, -0.2) is 0 Å². The van der Waals surface area contributed by atoms with Crippen molar-refractivity contribution < 1.29 is 69.4 Å². The van der Waals surface area contributed by atoms with E-state index in [1.54, 1.807) is 85.3 Å². The van der Waals surface area contributed by atoms with E-state index < -0.39 is 34.4 Å². The fraction of sp³-hybridized carbons (Fsp3) is 1.00. The summed E-state index contributed by atoms with van der Waals surface area (Å²) in [5, 5.41) is 0. The van der Waals surface area contributed by atoms with Crippen molar-refractivity contribution in [2.45, 2.75) is 0 Å². The molecule has 0 atom stereocenters. The van der Waals surface area contributed by atoms with E-state index in [9.17, 15) is 0 Å². The van der Waals surface area contributed by atoms with Crippen molar-refractivity contribution in [1.29, 1.82) is 0 Å². The summed E-state index contributed by atoms with van der Waals surface area (Å²) in [7, 11) is 22.9. The molecule has 0 bridgehead atoms. The van der Waals surface area contributed by atoms with Crippen LogP contribution in [0.25, 0.3) is 0 Å². The van der Waals surface area contributed by atoms with Crippen molar-refractivity contribution in [3.05, 3.63) is 0 Å². The SMILES string of the molecule is CO[PH+](OC)OC.CO[PH+](OC)OC.CO[PH+](OC)OC.CO[PH+](OC)OC.[Cl][Ru][Cl]. The molecule has 0 rings (SSSR count). The summed E-state index contributed by atoms with van der Waals surface area (Å²) in [6.45, 7) is 0. The standard InChI is InChI=1S/4C3H10O3P.2ClH.Ru/c4*1-4-7(5-2)6-3;;;/h4*7H,1-3H3;2*1H;/q4*+1;;;+2/p-2. The fourth-order valence-corrected chi connectivity index (χ4v) is 3.00. The molecule has 0 spiro atoms.